The molecule has 0 aromatic rings. The molecule has 564 valence electrons. The highest BCUT2D eigenvalue weighted by Gasteiger charge is 2.30. The number of aliphatic hydroxyl groups excluding tert-OH is 1. The van der Waals surface area contributed by atoms with Crippen molar-refractivity contribution < 1.29 is 80.2 Å². The van der Waals surface area contributed by atoms with E-state index in [1.54, 1.807) is 12.2 Å². The fraction of sp³-hybridized carbons (Fsp3) is 0.580. The third-order valence-corrected chi connectivity index (χ3v) is 16.3. The van der Waals surface area contributed by atoms with Crippen LogP contribution in [-0.4, -0.2) is 96.7 Å². The molecule has 0 spiro atoms. The topological polar surface area (TPSA) is 237 Å². The van der Waals surface area contributed by atoms with Crippen LogP contribution in [0.5, 0.6) is 0 Å². The van der Waals surface area contributed by atoms with E-state index in [1.165, 1.54) is 38.5 Å². The molecule has 17 nitrogen and oxygen atoms in total. The van der Waals surface area contributed by atoms with Gasteiger partial charge in [-0.25, -0.2) is 9.13 Å². The van der Waals surface area contributed by atoms with Crippen molar-refractivity contribution in [2.75, 3.05) is 39.6 Å². The van der Waals surface area contributed by atoms with Gasteiger partial charge in [0.25, 0.3) is 0 Å². The molecule has 19 heteroatoms. The first-order chi connectivity index (χ1) is 48.7. The van der Waals surface area contributed by atoms with E-state index in [9.17, 15) is 43.2 Å². The lowest BCUT2D eigenvalue weighted by atomic mass is 10.1. The Morgan fingerprint density at radius 3 is 0.880 bits per heavy atom. The monoisotopic (exact) mass is 1430 g/mol. The summed E-state index contributed by atoms with van der Waals surface area (Å²) in [4.78, 5) is 72.7. The van der Waals surface area contributed by atoms with Gasteiger partial charge >= 0.3 is 39.5 Å². The van der Waals surface area contributed by atoms with Gasteiger partial charge in [-0.2, -0.15) is 0 Å². The normalized spacial score (nSPS) is 15.0. The van der Waals surface area contributed by atoms with E-state index in [-0.39, 0.29) is 25.7 Å². The van der Waals surface area contributed by atoms with Crippen molar-refractivity contribution in [2.24, 2.45) is 0 Å². The van der Waals surface area contributed by atoms with E-state index in [0.717, 1.165) is 116 Å². The van der Waals surface area contributed by atoms with Crippen LogP contribution < -0.4 is 0 Å². The van der Waals surface area contributed by atoms with Gasteiger partial charge in [0, 0.05) is 19.3 Å². The molecule has 0 rings (SSSR count). The summed E-state index contributed by atoms with van der Waals surface area (Å²) >= 11 is 0. The summed E-state index contributed by atoms with van der Waals surface area (Å²) in [6, 6.07) is 0. The molecule has 0 radical (unpaired) electrons. The molecule has 0 amide bonds. The average Bonchev–Trinajstić information content (AvgIpc) is 1.02. The van der Waals surface area contributed by atoms with E-state index in [2.05, 4.69) is 161 Å². The predicted molar refractivity (Wildman–Crippen MR) is 408 cm³/mol. The van der Waals surface area contributed by atoms with Crippen LogP contribution in [0.1, 0.15) is 246 Å². The van der Waals surface area contributed by atoms with Crippen LogP contribution in [0.15, 0.2) is 182 Å². The van der Waals surface area contributed by atoms with E-state index in [0.29, 0.717) is 38.5 Å². The standard InChI is InChI=1S/C81H128O17P2/c1-5-9-13-17-21-25-29-32-35-37-40-42-46-49-53-57-61-65-78(83)91-71-76(97-80(85)67-63-59-55-51-45-28-24-20-16-12-8-4)73-95-99(87,88)93-69-75(82)70-94-100(89,90)96-74-77(98-81(86)68-64-60-56-52-48-44-39-34-31-27-23-19-15-11-7-3)72-92-79(84)66-62-58-54-50-47-43-41-38-36-33-30-26-22-18-14-10-6-2/h9-11,13-15,21-23,25-27,32-36,39-43,48-50,52-54,60,64,75-77,82H,5-8,12,16-20,24,28-31,37-38,44-47,51,55-59,61-63,65-74H2,1-4H3,(H,87,88)(H,89,90)/b13-9-,14-10-,15-11-,25-21-,26-22-,27-23-,35-32-,36-33-,39-34-,42-40-,43-41-,52-48-,53-49-,54-50-,64-60-. The SMILES string of the molecule is CC/C=C\C/C=C\C/C=C\C/C=C\C/C=C\CCCC(=O)OCC(COP(=O)(O)OCC(O)COP(=O)(O)OCC(COC(=O)CCC/C=C\C/C=C\C/C=C\C/C=C\C/C=C\CC)OC(=O)CCCCCCCCCCCCC)OC(=O)C/C=C\C/C=C\C/C=C\C/C=C\C/C=C\CC. The van der Waals surface area contributed by atoms with Crippen LogP contribution in [0.4, 0.5) is 0 Å². The fourth-order valence-electron chi connectivity index (χ4n) is 8.89. The second kappa shape index (κ2) is 71.6. The van der Waals surface area contributed by atoms with Gasteiger partial charge in [-0.3, -0.25) is 37.3 Å². The number of phosphoric acid groups is 2. The maximum absolute atomic E-state index is 13.1. The van der Waals surface area contributed by atoms with Crippen LogP contribution in [0, 0.1) is 0 Å². The fourth-order valence-corrected chi connectivity index (χ4v) is 10.5. The van der Waals surface area contributed by atoms with Crippen molar-refractivity contribution in [1.82, 2.24) is 0 Å². The van der Waals surface area contributed by atoms with Crippen LogP contribution in [-0.2, 0) is 65.4 Å². The molecule has 3 N–H and O–H groups in total. The summed E-state index contributed by atoms with van der Waals surface area (Å²) in [5, 5.41) is 10.6. The first-order valence-corrected chi connectivity index (χ1v) is 40.0. The van der Waals surface area contributed by atoms with E-state index in [1.807, 2.05) is 36.5 Å². The van der Waals surface area contributed by atoms with E-state index >= 15 is 0 Å². The highest BCUT2D eigenvalue weighted by molar-refractivity contribution is 7.47. The maximum atomic E-state index is 13.1. The van der Waals surface area contributed by atoms with E-state index < -0.39 is 97.5 Å². The first kappa shape index (κ1) is 94.2. The minimum Gasteiger partial charge on any atom is -0.462 e. The molecular weight excluding hydrogens is 1310 g/mol. The highest BCUT2D eigenvalue weighted by atomic mass is 31.2. The molecule has 100 heavy (non-hydrogen) atoms. The molecule has 0 aliphatic rings. The lowest BCUT2D eigenvalue weighted by Gasteiger charge is -2.21. The van der Waals surface area contributed by atoms with Crippen molar-refractivity contribution in [2.45, 2.75) is 264 Å². The Morgan fingerprint density at radius 1 is 0.300 bits per heavy atom. The Bertz CT molecular complexity index is 2620. The van der Waals surface area contributed by atoms with Crippen LogP contribution >= 0.6 is 15.6 Å². The molecule has 5 atom stereocenters. The number of carbonyl (C=O) groups is 4. The van der Waals surface area contributed by atoms with Gasteiger partial charge < -0.3 is 33.8 Å². The zero-order valence-electron chi connectivity index (χ0n) is 61.3. The molecule has 0 aliphatic heterocycles. The van der Waals surface area contributed by atoms with E-state index in [4.69, 9.17) is 37.0 Å². The summed E-state index contributed by atoms with van der Waals surface area (Å²) in [5.41, 5.74) is 0. The first-order valence-electron chi connectivity index (χ1n) is 37.0. The number of carbonyl (C=O) groups excluding carboxylic acids is 4. The number of allylic oxidation sites excluding steroid dienone is 29. The van der Waals surface area contributed by atoms with Gasteiger partial charge in [0.15, 0.2) is 12.2 Å². The second-order valence-corrected chi connectivity index (χ2v) is 26.7. The van der Waals surface area contributed by atoms with Crippen molar-refractivity contribution in [1.29, 1.82) is 0 Å². The molecule has 0 heterocycles. The number of rotatable bonds is 67. The maximum Gasteiger partial charge on any atom is 0.472 e. The Balaban J connectivity index is 5.51. The molecule has 0 aromatic heterocycles. The zero-order chi connectivity index (χ0) is 73.2. The van der Waals surface area contributed by atoms with Crippen molar-refractivity contribution in [3.63, 3.8) is 0 Å². The van der Waals surface area contributed by atoms with Gasteiger partial charge in [-0.1, -0.05) is 274 Å². The second-order valence-electron chi connectivity index (χ2n) is 23.8. The molecule has 0 saturated heterocycles. The molecule has 0 aromatic carbocycles. The summed E-state index contributed by atoms with van der Waals surface area (Å²) in [5.74, 6) is -2.48. The van der Waals surface area contributed by atoms with Crippen LogP contribution in [0.25, 0.3) is 0 Å². The smallest absolute Gasteiger partial charge is 0.462 e. The molecule has 5 unspecified atom stereocenters. The summed E-state index contributed by atoms with van der Waals surface area (Å²) in [7, 11) is -10.0. The lowest BCUT2D eigenvalue weighted by Crippen LogP contribution is -2.30. The molecule has 0 aliphatic carbocycles. The molecule has 0 saturated carbocycles. The van der Waals surface area contributed by atoms with Crippen molar-refractivity contribution in [3.8, 4) is 0 Å². The number of hydrogen-bond donors (Lipinski definition) is 3. The predicted octanol–water partition coefficient (Wildman–Crippen LogP) is 21.2. The third kappa shape index (κ3) is 70.6. The average molecular weight is 1440 g/mol. The number of aliphatic hydroxyl groups is 1. The van der Waals surface area contributed by atoms with Crippen molar-refractivity contribution >= 4 is 39.5 Å². The number of unbranched alkanes of at least 4 members (excludes halogenated alkanes) is 12. The van der Waals surface area contributed by atoms with Crippen LogP contribution in [0.3, 0.4) is 0 Å². The molecule has 0 bridgehead atoms. The molecule has 0 fully saturated rings. The lowest BCUT2D eigenvalue weighted by molar-refractivity contribution is -0.161. The largest absolute Gasteiger partial charge is 0.472 e. The Morgan fingerprint density at radius 2 is 0.560 bits per heavy atom. The molecular formula is C81H128O17P2. The van der Waals surface area contributed by atoms with Gasteiger partial charge in [0.1, 0.15) is 19.3 Å². The zero-order valence-corrected chi connectivity index (χ0v) is 63.1. The minimum absolute atomic E-state index is 0.0557. The number of phosphoric ester groups is 2. The Labute approximate surface area is 603 Å². The summed E-state index contributed by atoms with van der Waals surface area (Å²) < 4.78 is 68.1. The third-order valence-electron chi connectivity index (χ3n) is 14.4. The summed E-state index contributed by atoms with van der Waals surface area (Å²) in [6.07, 6.45) is 85.2. The minimum atomic E-state index is -5.02. The Kier molecular flexibility index (Phi) is 67.4. The van der Waals surface area contributed by atoms with Crippen molar-refractivity contribution in [3.05, 3.63) is 182 Å². The Hall–Kier alpha value is -5.84. The number of ether oxygens (including phenoxy) is 4. The van der Waals surface area contributed by atoms with Gasteiger partial charge in [0.2, 0.25) is 0 Å². The van der Waals surface area contributed by atoms with Crippen LogP contribution in [0.2, 0.25) is 0 Å². The number of hydrogen-bond acceptors (Lipinski definition) is 15. The highest BCUT2D eigenvalue weighted by Crippen LogP contribution is 2.45. The van der Waals surface area contributed by atoms with Gasteiger partial charge in [-0.15, -0.1) is 0 Å². The number of esters is 4. The van der Waals surface area contributed by atoms with Gasteiger partial charge in [-0.05, 0) is 128 Å². The van der Waals surface area contributed by atoms with Gasteiger partial charge in [0.05, 0.1) is 32.8 Å². The summed E-state index contributed by atoms with van der Waals surface area (Å²) in [6.45, 7) is 4.23. The quantitative estimate of drug-likeness (QED) is 0.0169.